The molecule has 20 heavy (non-hydrogen) atoms. The number of guanidine groups is 1. The summed E-state index contributed by atoms with van der Waals surface area (Å²) in [4.78, 5) is 4.33. The Bertz CT molecular complexity index is 441. The van der Waals surface area contributed by atoms with E-state index in [1.807, 2.05) is 7.05 Å². The minimum Gasteiger partial charge on any atom is -0.356 e. The summed E-state index contributed by atoms with van der Waals surface area (Å²) in [6.45, 7) is 2.98. The fourth-order valence-electron chi connectivity index (χ4n) is 3.36. The molecule has 0 atom stereocenters. The van der Waals surface area contributed by atoms with Crippen LogP contribution in [0.4, 0.5) is 0 Å². The predicted octanol–water partition coefficient (Wildman–Crippen LogP) is 2.23. The highest BCUT2D eigenvalue weighted by Crippen LogP contribution is 2.56. The summed E-state index contributed by atoms with van der Waals surface area (Å²) in [6, 6.07) is 4.12. The third-order valence-corrected chi connectivity index (χ3v) is 4.95. The third kappa shape index (κ3) is 3.00. The number of nitrogens with zero attached hydrogens (tertiary/aromatic N) is 2. The molecule has 0 spiro atoms. The van der Waals surface area contributed by atoms with E-state index in [1.165, 1.54) is 32.1 Å². The van der Waals surface area contributed by atoms with Gasteiger partial charge in [-0.05, 0) is 49.1 Å². The molecule has 2 fully saturated rings. The van der Waals surface area contributed by atoms with Crippen LogP contribution in [0.25, 0.3) is 0 Å². The molecule has 0 amide bonds. The Morgan fingerprint density at radius 2 is 2.00 bits per heavy atom. The zero-order valence-corrected chi connectivity index (χ0v) is 12.4. The monoisotopic (exact) mass is 274 g/mol. The van der Waals surface area contributed by atoms with Crippen molar-refractivity contribution in [2.75, 3.05) is 20.1 Å². The Morgan fingerprint density at radius 1 is 1.25 bits per heavy atom. The molecule has 0 radical (unpaired) electrons. The molecular weight excluding hydrogens is 248 g/mol. The van der Waals surface area contributed by atoms with Crippen LogP contribution < -0.4 is 10.6 Å². The second-order valence-corrected chi connectivity index (χ2v) is 6.26. The zero-order valence-electron chi connectivity index (χ0n) is 12.4. The van der Waals surface area contributed by atoms with Crippen molar-refractivity contribution in [3.8, 4) is 0 Å². The lowest BCUT2D eigenvalue weighted by atomic mass is 9.65. The van der Waals surface area contributed by atoms with E-state index < -0.39 is 0 Å². The van der Waals surface area contributed by atoms with Crippen molar-refractivity contribution in [3.63, 3.8) is 0 Å². The van der Waals surface area contributed by atoms with E-state index in [-0.39, 0.29) is 0 Å². The van der Waals surface area contributed by atoms with Crippen LogP contribution in [0.2, 0.25) is 0 Å². The molecule has 2 aliphatic carbocycles. The zero-order chi connectivity index (χ0) is 13.8. The van der Waals surface area contributed by atoms with Gasteiger partial charge in [0.2, 0.25) is 0 Å². The van der Waals surface area contributed by atoms with Gasteiger partial charge in [-0.25, -0.2) is 0 Å². The Labute approximate surface area is 121 Å². The molecule has 4 heteroatoms. The van der Waals surface area contributed by atoms with Gasteiger partial charge in [0, 0.05) is 39.1 Å². The number of aromatic nitrogens is 1. The van der Waals surface area contributed by atoms with Gasteiger partial charge in [-0.3, -0.25) is 4.99 Å². The number of aliphatic imine (C=N–C) groups is 1. The number of hydrogen-bond acceptors (Lipinski definition) is 1. The van der Waals surface area contributed by atoms with E-state index in [0.29, 0.717) is 5.41 Å². The molecule has 0 bridgehead atoms. The summed E-state index contributed by atoms with van der Waals surface area (Å²) in [5.41, 5.74) is 0.595. The number of nitrogens with one attached hydrogen (secondary N) is 2. The van der Waals surface area contributed by atoms with Crippen molar-refractivity contribution < 1.29 is 0 Å². The summed E-state index contributed by atoms with van der Waals surface area (Å²) in [5, 5.41) is 6.95. The first-order chi connectivity index (χ1) is 9.82. The molecule has 0 saturated heterocycles. The highest BCUT2D eigenvalue weighted by atomic mass is 15.2. The molecule has 1 aromatic rings. The molecule has 2 saturated carbocycles. The normalized spacial score (nSPS) is 21.4. The maximum Gasteiger partial charge on any atom is 0.191 e. The molecule has 1 aromatic heterocycles. The average Bonchev–Trinajstić information content (AvgIpc) is 3.12. The van der Waals surface area contributed by atoms with E-state index >= 15 is 0 Å². The van der Waals surface area contributed by atoms with Crippen LogP contribution in [0.1, 0.15) is 32.1 Å². The molecule has 0 unspecified atom stereocenters. The van der Waals surface area contributed by atoms with Gasteiger partial charge in [0.05, 0.1) is 0 Å². The summed E-state index contributed by atoms with van der Waals surface area (Å²) < 4.78 is 2.18. The van der Waals surface area contributed by atoms with Gasteiger partial charge in [0.15, 0.2) is 5.96 Å². The van der Waals surface area contributed by atoms with Crippen LogP contribution in [-0.2, 0) is 6.54 Å². The number of rotatable bonds is 6. The van der Waals surface area contributed by atoms with Crippen LogP contribution >= 0.6 is 0 Å². The summed E-state index contributed by atoms with van der Waals surface area (Å²) in [7, 11) is 1.86. The molecule has 0 aromatic carbocycles. The molecule has 0 aliphatic heterocycles. The highest BCUT2D eigenvalue weighted by Gasteiger charge is 2.48. The standard InChI is InChI=1S/C16H26N4/c1-17-15(18-9-12-20-10-2-3-11-20)19-13-16(7-4-8-16)14-5-6-14/h2-3,10-11,14H,4-9,12-13H2,1H3,(H2,17,18,19). The maximum absolute atomic E-state index is 4.33. The van der Waals surface area contributed by atoms with Gasteiger partial charge < -0.3 is 15.2 Å². The van der Waals surface area contributed by atoms with E-state index in [1.54, 1.807) is 0 Å². The Hall–Kier alpha value is -1.45. The van der Waals surface area contributed by atoms with E-state index in [9.17, 15) is 0 Å². The smallest absolute Gasteiger partial charge is 0.191 e. The van der Waals surface area contributed by atoms with Gasteiger partial charge in [0.1, 0.15) is 0 Å². The summed E-state index contributed by atoms with van der Waals surface area (Å²) in [6.07, 6.45) is 11.3. The van der Waals surface area contributed by atoms with Crippen molar-refractivity contribution >= 4 is 5.96 Å². The Balaban J connectivity index is 1.41. The largest absolute Gasteiger partial charge is 0.356 e. The molecule has 2 N–H and O–H groups in total. The second-order valence-electron chi connectivity index (χ2n) is 6.26. The summed E-state index contributed by atoms with van der Waals surface area (Å²) >= 11 is 0. The van der Waals surface area contributed by atoms with Crippen molar-refractivity contribution in [1.29, 1.82) is 0 Å². The molecule has 2 aliphatic rings. The quantitative estimate of drug-likeness (QED) is 0.617. The van der Waals surface area contributed by atoms with Crippen molar-refractivity contribution in [3.05, 3.63) is 24.5 Å². The van der Waals surface area contributed by atoms with Crippen LogP contribution in [0, 0.1) is 11.3 Å². The van der Waals surface area contributed by atoms with E-state index in [0.717, 1.165) is 31.5 Å². The lowest BCUT2D eigenvalue weighted by Gasteiger charge is -2.43. The van der Waals surface area contributed by atoms with Gasteiger partial charge >= 0.3 is 0 Å². The Morgan fingerprint density at radius 3 is 2.55 bits per heavy atom. The lowest BCUT2D eigenvalue weighted by Crippen LogP contribution is -2.47. The van der Waals surface area contributed by atoms with E-state index in [2.05, 4.69) is 44.7 Å². The first kappa shape index (κ1) is 13.5. The van der Waals surface area contributed by atoms with Crippen molar-refractivity contribution in [2.24, 2.45) is 16.3 Å². The second kappa shape index (κ2) is 5.90. The third-order valence-electron chi connectivity index (χ3n) is 4.95. The lowest BCUT2D eigenvalue weighted by molar-refractivity contribution is 0.106. The van der Waals surface area contributed by atoms with Gasteiger partial charge in [-0.1, -0.05) is 6.42 Å². The maximum atomic E-state index is 4.33. The summed E-state index contributed by atoms with van der Waals surface area (Å²) in [5.74, 6) is 1.94. The van der Waals surface area contributed by atoms with Crippen LogP contribution in [0.15, 0.2) is 29.5 Å². The van der Waals surface area contributed by atoms with Crippen LogP contribution in [0.5, 0.6) is 0 Å². The number of hydrogen-bond donors (Lipinski definition) is 2. The molecule has 1 heterocycles. The highest BCUT2D eigenvalue weighted by molar-refractivity contribution is 5.79. The first-order valence-electron chi connectivity index (χ1n) is 7.88. The SMILES string of the molecule is CN=C(NCCn1cccc1)NCC1(C2CC2)CCC1. The fraction of sp³-hybridized carbons (Fsp3) is 0.688. The molecule has 3 rings (SSSR count). The van der Waals surface area contributed by atoms with E-state index in [4.69, 9.17) is 0 Å². The topological polar surface area (TPSA) is 41.4 Å². The van der Waals surface area contributed by atoms with Gasteiger partial charge in [-0.15, -0.1) is 0 Å². The van der Waals surface area contributed by atoms with Crippen molar-refractivity contribution in [2.45, 2.75) is 38.6 Å². The van der Waals surface area contributed by atoms with Crippen LogP contribution in [0.3, 0.4) is 0 Å². The fourth-order valence-corrected chi connectivity index (χ4v) is 3.36. The first-order valence-corrected chi connectivity index (χ1v) is 7.88. The van der Waals surface area contributed by atoms with Crippen molar-refractivity contribution in [1.82, 2.24) is 15.2 Å². The Kier molecular flexibility index (Phi) is 3.99. The molecular formula is C16H26N4. The van der Waals surface area contributed by atoms with Gasteiger partial charge in [-0.2, -0.15) is 0 Å². The minimum atomic E-state index is 0.595. The molecule has 4 nitrogen and oxygen atoms in total. The molecule has 110 valence electrons. The minimum absolute atomic E-state index is 0.595. The average molecular weight is 274 g/mol. The predicted molar refractivity (Wildman–Crippen MR) is 82.8 cm³/mol. The van der Waals surface area contributed by atoms with Gasteiger partial charge in [0.25, 0.3) is 0 Å². The van der Waals surface area contributed by atoms with Crippen LogP contribution in [-0.4, -0.2) is 30.7 Å².